The van der Waals surface area contributed by atoms with Gasteiger partial charge in [0, 0.05) is 5.41 Å². The first kappa shape index (κ1) is 17.4. The molecule has 3 rings (SSSR count). The van der Waals surface area contributed by atoms with Crippen LogP contribution in [0.2, 0.25) is 0 Å². The fraction of sp³-hybridized carbons (Fsp3) is 0.900. The Kier molecular flexibility index (Phi) is 4.23. The number of allylic oxidation sites excluding steroid dienone is 2. The summed E-state index contributed by atoms with van der Waals surface area (Å²) in [5, 5.41) is 30.8. The third kappa shape index (κ3) is 2.51. The first-order valence-corrected chi connectivity index (χ1v) is 9.32. The van der Waals surface area contributed by atoms with E-state index in [2.05, 4.69) is 26.8 Å². The van der Waals surface area contributed by atoms with Gasteiger partial charge in [0.15, 0.2) is 0 Å². The summed E-state index contributed by atoms with van der Waals surface area (Å²) in [7, 11) is 0. The summed E-state index contributed by atoms with van der Waals surface area (Å²) in [6.07, 6.45) is 7.43. The Morgan fingerprint density at radius 1 is 1.22 bits per heavy atom. The topological polar surface area (TPSA) is 60.7 Å². The van der Waals surface area contributed by atoms with Crippen molar-refractivity contribution in [1.29, 1.82) is 0 Å². The number of hydrogen-bond acceptors (Lipinski definition) is 3. The first-order valence-electron chi connectivity index (χ1n) is 9.32. The van der Waals surface area contributed by atoms with E-state index in [1.807, 2.05) is 6.92 Å². The van der Waals surface area contributed by atoms with Crippen LogP contribution in [0.25, 0.3) is 0 Å². The zero-order valence-electron chi connectivity index (χ0n) is 15.2. The molecule has 132 valence electrons. The van der Waals surface area contributed by atoms with Crippen molar-refractivity contribution in [1.82, 2.24) is 0 Å². The van der Waals surface area contributed by atoms with E-state index in [-0.39, 0.29) is 22.9 Å². The minimum atomic E-state index is -0.741. The van der Waals surface area contributed by atoms with Gasteiger partial charge < -0.3 is 15.3 Å². The molecule has 3 aliphatic rings. The normalized spacial score (nSPS) is 47.3. The van der Waals surface area contributed by atoms with E-state index in [9.17, 15) is 15.3 Å². The molecule has 23 heavy (non-hydrogen) atoms. The van der Waals surface area contributed by atoms with Crippen molar-refractivity contribution in [2.45, 2.75) is 78.4 Å². The first-order chi connectivity index (χ1) is 10.6. The van der Waals surface area contributed by atoms with Gasteiger partial charge in [0.05, 0.1) is 18.8 Å². The average Bonchev–Trinajstić information content (AvgIpc) is 2.48. The minimum Gasteiger partial charge on any atom is -0.394 e. The lowest BCUT2D eigenvalue weighted by Crippen LogP contribution is -2.58. The fourth-order valence-electron chi connectivity index (χ4n) is 6.00. The van der Waals surface area contributed by atoms with Gasteiger partial charge in [-0.2, -0.15) is 0 Å². The van der Waals surface area contributed by atoms with E-state index in [1.165, 1.54) is 19.3 Å². The second-order valence-corrected chi connectivity index (χ2v) is 9.56. The zero-order valence-corrected chi connectivity index (χ0v) is 15.2. The van der Waals surface area contributed by atoms with Crippen molar-refractivity contribution in [2.75, 3.05) is 6.61 Å². The molecule has 2 fully saturated rings. The number of fused-ring (bicyclic) bond motifs is 3. The monoisotopic (exact) mass is 322 g/mol. The Morgan fingerprint density at radius 3 is 2.57 bits per heavy atom. The number of hydrogen-bond donors (Lipinski definition) is 3. The predicted octanol–water partition coefficient (Wildman–Crippen LogP) is 3.28. The van der Waals surface area contributed by atoms with Crippen molar-refractivity contribution < 1.29 is 15.3 Å². The summed E-state index contributed by atoms with van der Waals surface area (Å²) in [6.45, 7) is 8.80. The SMILES string of the molecule is CC1(C)CCC[C@H]2C1=CC[C@H]1C[C@@](C)([C@H](O)CO)C[C@@H](O)[C@@]12C. The Morgan fingerprint density at radius 2 is 1.91 bits per heavy atom. The number of aliphatic hydroxyl groups excluding tert-OH is 3. The molecule has 0 bridgehead atoms. The molecular weight excluding hydrogens is 288 g/mol. The van der Waals surface area contributed by atoms with Crippen molar-refractivity contribution in [3.63, 3.8) is 0 Å². The van der Waals surface area contributed by atoms with E-state index < -0.39 is 12.2 Å². The summed E-state index contributed by atoms with van der Waals surface area (Å²) >= 11 is 0. The zero-order chi connectivity index (χ0) is 17.0. The van der Waals surface area contributed by atoms with Crippen LogP contribution >= 0.6 is 0 Å². The Hall–Kier alpha value is -0.380. The lowest BCUT2D eigenvalue weighted by molar-refractivity contribution is -0.157. The lowest BCUT2D eigenvalue weighted by atomic mass is 9.45. The molecule has 0 unspecified atom stereocenters. The molecule has 3 N–H and O–H groups in total. The smallest absolute Gasteiger partial charge is 0.0825 e. The molecule has 0 saturated heterocycles. The molecule has 0 aromatic heterocycles. The van der Waals surface area contributed by atoms with Gasteiger partial charge in [-0.1, -0.05) is 45.8 Å². The van der Waals surface area contributed by atoms with Crippen molar-refractivity contribution >= 4 is 0 Å². The van der Waals surface area contributed by atoms with Crippen LogP contribution in [-0.4, -0.2) is 34.1 Å². The summed E-state index contributed by atoms with van der Waals surface area (Å²) < 4.78 is 0. The summed E-state index contributed by atoms with van der Waals surface area (Å²) in [5.74, 6) is 0.857. The molecule has 0 aromatic rings. The molecule has 6 atom stereocenters. The van der Waals surface area contributed by atoms with E-state index in [4.69, 9.17) is 0 Å². The highest BCUT2D eigenvalue weighted by Gasteiger charge is 2.58. The molecule has 0 heterocycles. The fourth-order valence-corrected chi connectivity index (χ4v) is 6.00. The molecular formula is C20H34O3. The van der Waals surface area contributed by atoms with E-state index in [0.717, 1.165) is 12.8 Å². The van der Waals surface area contributed by atoms with E-state index >= 15 is 0 Å². The van der Waals surface area contributed by atoms with Gasteiger partial charge in [-0.05, 0) is 54.8 Å². The average molecular weight is 322 g/mol. The lowest BCUT2D eigenvalue weighted by Gasteiger charge is -2.61. The molecule has 0 aromatic carbocycles. The van der Waals surface area contributed by atoms with Crippen LogP contribution in [0.5, 0.6) is 0 Å². The van der Waals surface area contributed by atoms with Gasteiger partial charge in [-0.15, -0.1) is 0 Å². The maximum Gasteiger partial charge on any atom is 0.0825 e. The summed E-state index contributed by atoms with van der Waals surface area (Å²) in [4.78, 5) is 0. The number of aliphatic hydroxyl groups is 3. The third-order valence-electron chi connectivity index (χ3n) is 7.77. The van der Waals surface area contributed by atoms with Gasteiger partial charge >= 0.3 is 0 Å². The van der Waals surface area contributed by atoms with Crippen LogP contribution in [0.3, 0.4) is 0 Å². The van der Waals surface area contributed by atoms with Crippen LogP contribution in [0.4, 0.5) is 0 Å². The van der Waals surface area contributed by atoms with Crippen LogP contribution in [-0.2, 0) is 0 Å². The molecule has 3 nitrogen and oxygen atoms in total. The third-order valence-corrected chi connectivity index (χ3v) is 7.77. The minimum absolute atomic E-state index is 0.0868. The van der Waals surface area contributed by atoms with Gasteiger partial charge in [0.2, 0.25) is 0 Å². The van der Waals surface area contributed by atoms with Crippen LogP contribution < -0.4 is 0 Å². The number of rotatable bonds is 2. The Labute approximate surface area is 140 Å². The molecule has 3 aliphatic carbocycles. The van der Waals surface area contributed by atoms with E-state index in [1.54, 1.807) is 5.57 Å². The standard InChI is InChI=1S/C20H34O3/c1-18(2)9-5-6-15-14(18)8-7-13-10-19(3,17(23)12-21)11-16(22)20(13,15)4/h8,13,15-17,21-23H,5-7,9-12H2,1-4H3/t13-,15-,16+,17+,19+,20-/m0/s1. The van der Waals surface area contributed by atoms with E-state index in [0.29, 0.717) is 18.3 Å². The molecule has 3 heteroatoms. The van der Waals surface area contributed by atoms with Gasteiger partial charge in [0.25, 0.3) is 0 Å². The summed E-state index contributed by atoms with van der Waals surface area (Å²) in [6, 6.07) is 0. The maximum atomic E-state index is 11.1. The quantitative estimate of drug-likeness (QED) is 0.684. The Balaban J connectivity index is 1.96. The second kappa shape index (κ2) is 5.57. The van der Waals surface area contributed by atoms with Crippen LogP contribution in [0.15, 0.2) is 11.6 Å². The van der Waals surface area contributed by atoms with Crippen molar-refractivity contribution in [2.24, 2.45) is 28.1 Å². The molecule has 0 spiro atoms. The molecule has 0 radical (unpaired) electrons. The highest BCUT2D eigenvalue weighted by atomic mass is 16.3. The van der Waals surface area contributed by atoms with Gasteiger partial charge in [-0.3, -0.25) is 0 Å². The van der Waals surface area contributed by atoms with Crippen LogP contribution in [0, 0.1) is 28.1 Å². The predicted molar refractivity (Wildman–Crippen MR) is 91.9 cm³/mol. The molecule has 2 saturated carbocycles. The van der Waals surface area contributed by atoms with Gasteiger partial charge in [-0.25, -0.2) is 0 Å². The molecule has 0 amide bonds. The highest BCUT2D eigenvalue weighted by molar-refractivity contribution is 5.27. The van der Waals surface area contributed by atoms with Crippen molar-refractivity contribution in [3.05, 3.63) is 11.6 Å². The van der Waals surface area contributed by atoms with Crippen LogP contribution in [0.1, 0.15) is 66.2 Å². The molecule has 0 aliphatic heterocycles. The summed E-state index contributed by atoms with van der Waals surface area (Å²) in [5.41, 5.74) is 1.35. The van der Waals surface area contributed by atoms with Crippen molar-refractivity contribution in [3.8, 4) is 0 Å². The Bertz CT molecular complexity index is 497. The van der Waals surface area contributed by atoms with Gasteiger partial charge in [0.1, 0.15) is 0 Å². The second-order valence-electron chi connectivity index (χ2n) is 9.56. The highest BCUT2D eigenvalue weighted by Crippen LogP contribution is 2.63. The largest absolute Gasteiger partial charge is 0.394 e. The maximum absolute atomic E-state index is 11.1.